The average molecular weight is 249 g/mol. The highest BCUT2D eigenvalue weighted by atomic mass is 16.5. The van der Waals surface area contributed by atoms with Gasteiger partial charge in [0, 0.05) is 12.6 Å². The van der Waals surface area contributed by atoms with Crippen molar-refractivity contribution in [1.82, 2.24) is 5.32 Å². The Balaban J connectivity index is 2.85. The minimum absolute atomic E-state index is 0.152. The predicted octanol–water partition coefficient (Wildman–Crippen LogP) is 3.25. The van der Waals surface area contributed by atoms with Gasteiger partial charge in [0.15, 0.2) is 0 Å². The summed E-state index contributed by atoms with van der Waals surface area (Å²) in [5.74, 6) is 0. The highest BCUT2D eigenvalue weighted by Crippen LogP contribution is 2.20. The molecule has 0 aliphatic heterocycles. The lowest BCUT2D eigenvalue weighted by molar-refractivity contribution is -0.0363. The molecule has 0 aromatic heterocycles. The van der Waals surface area contributed by atoms with Crippen molar-refractivity contribution < 1.29 is 4.74 Å². The molecule has 1 rings (SSSR count). The van der Waals surface area contributed by atoms with Gasteiger partial charge in [0.25, 0.3) is 0 Å². The van der Waals surface area contributed by atoms with Crippen molar-refractivity contribution in [1.29, 1.82) is 0 Å². The van der Waals surface area contributed by atoms with Gasteiger partial charge in [-0.05, 0) is 53.7 Å². The minimum atomic E-state index is -0.152. The highest BCUT2D eigenvalue weighted by molar-refractivity contribution is 5.29. The molecule has 2 heteroatoms. The first kappa shape index (κ1) is 15.2. The fourth-order valence-electron chi connectivity index (χ4n) is 2.59. The molecule has 0 bridgehead atoms. The summed E-state index contributed by atoms with van der Waals surface area (Å²) < 4.78 is 5.85. The van der Waals surface area contributed by atoms with Crippen LogP contribution in [0.15, 0.2) is 18.2 Å². The van der Waals surface area contributed by atoms with E-state index in [1.165, 1.54) is 16.7 Å². The van der Waals surface area contributed by atoms with Crippen LogP contribution in [-0.4, -0.2) is 25.3 Å². The van der Waals surface area contributed by atoms with E-state index in [1.54, 1.807) is 0 Å². The molecule has 18 heavy (non-hydrogen) atoms. The van der Waals surface area contributed by atoms with Crippen LogP contribution in [0.2, 0.25) is 0 Å². The number of aryl methyl sites for hydroxylation is 2. The molecule has 0 saturated heterocycles. The first-order valence-corrected chi connectivity index (χ1v) is 6.77. The third-order valence-electron chi connectivity index (χ3n) is 3.43. The van der Waals surface area contributed by atoms with E-state index in [0.29, 0.717) is 6.04 Å². The van der Waals surface area contributed by atoms with Crippen molar-refractivity contribution in [3.63, 3.8) is 0 Å². The Hall–Kier alpha value is -0.860. The van der Waals surface area contributed by atoms with Crippen LogP contribution >= 0.6 is 0 Å². The second kappa shape index (κ2) is 6.35. The molecule has 1 unspecified atom stereocenters. The van der Waals surface area contributed by atoms with Crippen LogP contribution in [0.1, 0.15) is 37.5 Å². The Bertz CT molecular complexity index is 364. The number of nitrogens with one attached hydrogen (secondary N) is 1. The first-order valence-electron chi connectivity index (χ1n) is 6.77. The molecule has 0 saturated carbocycles. The quantitative estimate of drug-likeness (QED) is 0.835. The van der Waals surface area contributed by atoms with Crippen molar-refractivity contribution in [3.05, 3.63) is 34.9 Å². The third kappa shape index (κ3) is 4.11. The highest BCUT2D eigenvalue weighted by Gasteiger charge is 2.28. The van der Waals surface area contributed by atoms with Crippen LogP contribution in [0.25, 0.3) is 0 Å². The van der Waals surface area contributed by atoms with Crippen LogP contribution in [0.4, 0.5) is 0 Å². The largest absolute Gasteiger partial charge is 0.374 e. The van der Waals surface area contributed by atoms with E-state index < -0.39 is 0 Å². The van der Waals surface area contributed by atoms with Crippen molar-refractivity contribution in [2.45, 2.75) is 52.7 Å². The number of rotatable bonds is 6. The first-order chi connectivity index (χ1) is 8.39. The van der Waals surface area contributed by atoms with E-state index in [2.05, 4.69) is 51.2 Å². The van der Waals surface area contributed by atoms with Crippen molar-refractivity contribution in [2.24, 2.45) is 0 Å². The van der Waals surface area contributed by atoms with Crippen LogP contribution in [0.5, 0.6) is 0 Å². The molecule has 1 aromatic rings. The summed E-state index contributed by atoms with van der Waals surface area (Å²) in [7, 11) is 2.01. The van der Waals surface area contributed by atoms with Gasteiger partial charge in [-0.2, -0.15) is 0 Å². The van der Waals surface area contributed by atoms with Crippen LogP contribution in [0, 0.1) is 13.8 Å². The Morgan fingerprint density at radius 2 is 1.72 bits per heavy atom. The minimum Gasteiger partial charge on any atom is -0.374 e. The van der Waals surface area contributed by atoms with E-state index >= 15 is 0 Å². The van der Waals surface area contributed by atoms with Gasteiger partial charge in [0.1, 0.15) is 0 Å². The smallest absolute Gasteiger partial charge is 0.0781 e. The topological polar surface area (TPSA) is 21.3 Å². The van der Waals surface area contributed by atoms with E-state index in [-0.39, 0.29) is 5.60 Å². The summed E-state index contributed by atoms with van der Waals surface area (Å²) in [6.07, 6.45) is 0.992. The second-order valence-electron chi connectivity index (χ2n) is 5.58. The lowest BCUT2D eigenvalue weighted by Gasteiger charge is -2.34. The fraction of sp³-hybridized carbons (Fsp3) is 0.625. The molecule has 102 valence electrons. The van der Waals surface area contributed by atoms with Crippen molar-refractivity contribution in [2.75, 3.05) is 13.7 Å². The van der Waals surface area contributed by atoms with Gasteiger partial charge < -0.3 is 10.1 Å². The Labute approximate surface area is 112 Å². The molecule has 1 N–H and O–H groups in total. The number of ether oxygens (including phenoxy) is 1. The molecule has 1 atom stereocenters. The van der Waals surface area contributed by atoms with Gasteiger partial charge in [-0.3, -0.25) is 0 Å². The molecule has 1 aromatic carbocycles. The molecule has 0 fully saturated rings. The number of hydrogen-bond acceptors (Lipinski definition) is 2. The summed E-state index contributed by atoms with van der Waals surface area (Å²) in [6, 6.07) is 7.06. The Kier molecular flexibility index (Phi) is 5.36. The van der Waals surface area contributed by atoms with Gasteiger partial charge in [-0.25, -0.2) is 0 Å². The zero-order valence-corrected chi connectivity index (χ0v) is 12.6. The molecule has 0 aliphatic rings. The van der Waals surface area contributed by atoms with Gasteiger partial charge >= 0.3 is 0 Å². The average Bonchev–Trinajstić information content (AvgIpc) is 2.24. The standard InChI is InChI=1S/C16H27NO/c1-7-18-16(4,5)15(17-6)11-14-9-12(2)8-13(3)10-14/h8-10,15,17H,7,11H2,1-6H3. The molecule has 0 aliphatic carbocycles. The van der Waals surface area contributed by atoms with E-state index in [4.69, 9.17) is 4.74 Å². The summed E-state index contributed by atoms with van der Waals surface area (Å²) in [5.41, 5.74) is 3.88. The zero-order valence-electron chi connectivity index (χ0n) is 12.6. The Morgan fingerprint density at radius 3 is 2.17 bits per heavy atom. The zero-order chi connectivity index (χ0) is 13.8. The molecule has 2 nitrogen and oxygen atoms in total. The summed E-state index contributed by atoms with van der Waals surface area (Å²) in [5, 5.41) is 3.39. The van der Waals surface area contributed by atoms with Crippen LogP contribution < -0.4 is 5.32 Å². The maximum absolute atomic E-state index is 5.85. The maximum Gasteiger partial charge on any atom is 0.0781 e. The number of benzene rings is 1. The van der Waals surface area contributed by atoms with Gasteiger partial charge in [-0.15, -0.1) is 0 Å². The van der Waals surface area contributed by atoms with Crippen molar-refractivity contribution in [3.8, 4) is 0 Å². The lowest BCUT2D eigenvalue weighted by Crippen LogP contribution is -2.48. The van der Waals surface area contributed by atoms with E-state index in [9.17, 15) is 0 Å². The van der Waals surface area contributed by atoms with Gasteiger partial charge in [0.05, 0.1) is 5.60 Å². The molecular formula is C16H27NO. The summed E-state index contributed by atoms with van der Waals surface area (Å²) >= 11 is 0. The van der Waals surface area contributed by atoms with Crippen molar-refractivity contribution >= 4 is 0 Å². The Morgan fingerprint density at radius 1 is 1.17 bits per heavy atom. The second-order valence-corrected chi connectivity index (χ2v) is 5.58. The number of hydrogen-bond donors (Lipinski definition) is 1. The maximum atomic E-state index is 5.85. The SMILES string of the molecule is CCOC(C)(C)C(Cc1cc(C)cc(C)c1)NC. The third-order valence-corrected chi connectivity index (χ3v) is 3.43. The van der Waals surface area contributed by atoms with Gasteiger partial charge in [0.2, 0.25) is 0 Å². The van der Waals surface area contributed by atoms with Crippen LogP contribution in [-0.2, 0) is 11.2 Å². The number of likely N-dealkylation sites (N-methyl/N-ethyl adjacent to an activating group) is 1. The molecule has 0 spiro atoms. The van der Waals surface area contributed by atoms with E-state index in [0.717, 1.165) is 13.0 Å². The molecule has 0 heterocycles. The molecular weight excluding hydrogens is 222 g/mol. The normalized spacial score (nSPS) is 13.7. The fourth-order valence-corrected chi connectivity index (χ4v) is 2.59. The van der Waals surface area contributed by atoms with E-state index in [1.807, 2.05) is 14.0 Å². The van der Waals surface area contributed by atoms with Gasteiger partial charge in [-0.1, -0.05) is 29.3 Å². The summed E-state index contributed by atoms with van der Waals surface area (Å²) in [4.78, 5) is 0. The predicted molar refractivity (Wildman–Crippen MR) is 78.2 cm³/mol. The van der Waals surface area contributed by atoms with Crippen LogP contribution in [0.3, 0.4) is 0 Å². The molecule has 0 amide bonds. The monoisotopic (exact) mass is 249 g/mol. The summed E-state index contributed by atoms with van der Waals surface area (Å²) in [6.45, 7) is 11.4. The lowest BCUT2D eigenvalue weighted by atomic mass is 9.91. The molecule has 0 radical (unpaired) electrons.